The molecule has 0 saturated heterocycles. The number of halogens is 4. The van der Waals surface area contributed by atoms with E-state index in [1.807, 2.05) is 0 Å². The monoisotopic (exact) mass is 472 g/mol. The van der Waals surface area contributed by atoms with Crippen LogP contribution in [-0.4, -0.2) is 38.9 Å². The van der Waals surface area contributed by atoms with Crippen LogP contribution in [0.5, 0.6) is 0 Å². The largest absolute Gasteiger partial charge is 0.416 e. The van der Waals surface area contributed by atoms with E-state index in [1.165, 1.54) is 29.2 Å². The highest BCUT2D eigenvalue weighted by Gasteiger charge is 2.34. The lowest BCUT2D eigenvalue weighted by Gasteiger charge is -2.25. The maximum absolute atomic E-state index is 13.4. The standard InChI is InChI=1S/C21H20ClF3N2O3S/c1-3-11-27(17-6-4-5-15(13-17)21(23,24)25)31(29,30)19-12-14(7-10-18(19)22)20(28)26(2)16-8-9-16/h3-7,10,12-13,16H,1,8-9,11H2,2H3. The second kappa shape index (κ2) is 8.55. The van der Waals surface area contributed by atoms with Gasteiger partial charge in [0.1, 0.15) is 4.90 Å². The van der Waals surface area contributed by atoms with Crippen LogP contribution in [0, 0.1) is 0 Å². The van der Waals surface area contributed by atoms with Crippen LogP contribution >= 0.6 is 11.6 Å². The molecular weight excluding hydrogens is 453 g/mol. The summed E-state index contributed by atoms with van der Waals surface area (Å²) in [5.74, 6) is -0.357. The van der Waals surface area contributed by atoms with Crippen LogP contribution in [0.1, 0.15) is 28.8 Å². The Morgan fingerprint density at radius 3 is 2.48 bits per heavy atom. The minimum atomic E-state index is -4.64. The molecule has 0 aromatic heterocycles. The first-order valence-electron chi connectivity index (χ1n) is 9.34. The Morgan fingerprint density at radius 2 is 1.90 bits per heavy atom. The Balaban J connectivity index is 2.06. The molecule has 0 unspecified atom stereocenters. The summed E-state index contributed by atoms with van der Waals surface area (Å²) in [5.41, 5.74) is -1.06. The van der Waals surface area contributed by atoms with Crippen LogP contribution in [0.3, 0.4) is 0 Å². The smallest absolute Gasteiger partial charge is 0.339 e. The van der Waals surface area contributed by atoms with Gasteiger partial charge in [0.05, 0.1) is 22.8 Å². The zero-order chi connectivity index (χ0) is 23.0. The molecule has 3 rings (SSSR count). The maximum atomic E-state index is 13.4. The quantitative estimate of drug-likeness (QED) is 0.534. The van der Waals surface area contributed by atoms with Gasteiger partial charge in [0.15, 0.2) is 0 Å². The number of hydrogen-bond donors (Lipinski definition) is 0. The van der Waals surface area contributed by atoms with Crippen molar-refractivity contribution in [3.05, 3.63) is 71.3 Å². The van der Waals surface area contributed by atoms with Gasteiger partial charge in [0.2, 0.25) is 0 Å². The Morgan fingerprint density at radius 1 is 1.23 bits per heavy atom. The molecule has 2 aromatic rings. The number of sulfonamides is 1. The molecule has 1 fully saturated rings. The Labute approximate surface area is 183 Å². The van der Waals surface area contributed by atoms with Gasteiger partial charge in [0.25, 0.3) is 15.9 Å². The topological polar surface area (TPSA) is 57.7 Å². The van der Waals surface area contributed by atoms with Crippen molar-refractivity contribution < 1.29 is 26.4 Å². The van der Waals surface area contributed by atoms with Gasteiger partial charge in [-0.15, -0.1) is 6.58 Å². The molecule has 0 spiro atoms. The average molecular weight is 473 g/mol. The van der Waals surface area contributed by atoms with Gasteiger partial charge in [-0.05, 0) is 49.2 Å². The van der Waals surface area contributed by atoms with Crippen LogP contribution in [-0.2, 0) is 16.2 Å². The van der Waals surface area contributed by atoms with Crippen molar-refractivity contribution in [1.29, 1.82) is 0 Å². The van der Waals surface area contributed by atoms with Crippen molar-refractivity contribution in [3.8, 4) is 0 Å². The third-order valence-corrected chi connectivity index (χ3v) is 7.19. The zero-order valence-electron chi connectivity index (χ0n) is 16.6. The van der Waals surface area contributed by atoms with Crippen LogP contribution in [0.15, 0.2) is 60.0 Å². The van der Waals surface area contributed by atoms with Gasteiger partial charge in [-0.25, -0.2) is 8.42 Å². The van der Waals surface area contributed by atoms with Crippen LogP contribution in [0.25, 0.3) is 0 Å². The molecule has 1 aliphatic carbocycles. The molecule has 2 aromatic carbocycles. The van der Waals surface area contributed by atoms with Crippen molar-refractivity contribution >= 4 is 33.2 Å². The summed E-state index contributed by atoms with van der Waals surface area (Å²) in [6.07, 6.45) is -1.63. The van der Waals surface area contributed by atoms with Crippen LogP contribution in [0.4, 0.5) is 18.9 Å². The average Bonchev–Trinajstić information content (AvgIpc) is 3.56. The van der Waals surface area contributed by atoms with E-state index in [1.54, 1.807) is 7.05 Å². The third-order valence-electron chi connectivity index (χ3n) is 4.92. The number of hydrogen-bond acceptors (Lipinski definition) is 3. The molecule has 0 aliphatic heterocycles. The number of carbonyl (C=O) groups is 1. The van der Waals surface area contributed by atoms with Crippen molar-refractivity contribution in [2.45, 2.75) is 30.0 Å². The molecule has 31 heavy (non-hydrogen) atoms. The van der Waals surface area contributed by atoms with E-state index < -0.39 is 21.8 Å². The Bertz CT molecular complexity index is 1120. The number of rotatable bonds is 7. The van der Waals surface area contributed by atoms with E-state index >= 15 is 0 Å². The highest BCUT2D eigenvalue weighted by Crippen LogP contribution is 2.35. The van der Waals surface area contributed by atoms with E-state index in [0.29, 0.717) is 0 Å². The van der Waals surface area contributed by atoms with E-state index in [0.717, 1.165) is 41.4 Å². The number of benzene rings is 2. The number of carbonyl (C=O) groups excluding carboxylic acids is 1. The van der Waals surface area contributed by atoms with Gasteiger partial charge < -0.3 is 4.90 Å². The SMILES string of the molecule is C=CCN(c1cccc(C(F)(F)F)c1)S(=O)(=O)c1cc(C(=O)N(C)C2CC2)ccc1Cl. The van der Waals surface area contributed by atoms with Gasteiger partial charge in [-0.2, -0.15) is 13.2 Å². The van der Waals surface area contributed by atoms with Crippen molar-refractivity contribution in [2.75, 3.05) is 17.9 Å². The highest BCUT2D eigenvalue weighted by molar-refractivity contribution is 7.93. The molecule has 0 heterocycles. The lowest BCUT2D eigenvalue weighted by molar-refractivity contribution is -0.137. The lowest BCUT2D eigenvalue weighted by atomic mass is 10.2. The van der Waals surface area contributed by atoms with E-state index in [4.69, 9.17) is 11.6 Å². The van der Waals surface area contributed by atoms with Gasteiger partial charge >= 0.3 is 6.18 Å². The predicted octanol–water partition coefficient (Wildman–Crippen LogP) is 4.97. The molecule has 1 aliphatic rings. The molecule has 0 N–H and O–H groups in total. The zero-order valence-corrected chi connectivity index (χ0v) is 18.1. The first kappa shape index (κ1) is 23.1. The molecular formula is C21H20ClF3N2O3S. The fourth-order valence-corrected chi connectivity index (χ4v) is 5.01. The summed E-state index contributed by atoms with van der Waals surface area (Å²) in [7, 11) is -2.77. The molecule has 1 saturated carbocycles. The summed E-state index contributed by atoms with van der Waals surface area (Å²) in [4.78, 5) is 13.8. The van der Waals surface area contributed by atoms with Gasteiger partial charge in [0, 0.05) is 18.7 Å². The molecule has 0 bridgehead atoms. The van der Waals surface area contributed by atoms with E-state index in [-0.39, 0.29) is 39.7 Å². The van der Waals surface area contributed by atoms with Crippen LogP contribution in [0.2, 0.25) is 5.02 Å². The maximum Gasteiger partial charge on any atom is 0.416 e. The highest BCUT2D eigenvalue weighted by atomic mass is 35.5. The van der Waals surface area contributed by atoms with Crippen LogP contribution < -0.4 is 4.31 Å². The predicted molar refractivity (Wildman–Crippen MR) is 113 cm³/mol. The fourth-order valence-electron chi connectivity index (χ4n) is 3.08. The molecule has 1 amide bonds. The normalized spacial score (nSPS) is 14.2. The summed E-state index contributed by atoms with van der Waals surface area (Å²) in [5, 5.41) is -0.147. The second-order valence-corrected chi connectivity index (χ2v) is 9.40. The molecule has 0 radical (unpaired) electrons. The summed E-state index contributed by atoms with van der Waals surface area (Å²) < 4.78 is 67.0. The Kier molecular flexibility index (Phi) is 6.38. The number of nitrogens with zero attached hydrogens (tertiary/aromatic N) is 2. The van der Waals surface area contributed by atoms with Gasteiger partial charge in [-0.3, -0.25) is 9.10 Å². The van der Waals surface area contributed by atoms with Crippen molar-refractivity contribution in [1.82, 2.24) is 4.90 Å². The minimum absolute atomic E-state index is 0.116. The van der Waals surface area contributed by atoms with Crippen molar-refractivity contribution in [2.24, 2.45) is 0 Å². The number of anilines is 1. The van der Waals surface area contributed by atoms with Crippen molar-refractivity contribution in [3.63, 3.8) is 0 Å². The lowest BCUT2D eigenvalue weighted by Crippen LogP contribution is -2.32. The summed E-state index contributed by atoms with van der Waals surface area (Å²) in [6, 6.07) is 7.95. The number of amides is 1. The summed E-state index contributed by atoms with van der Waals surface area (Å²) >= 11 is 6.14. The molecule has 5 nitrogen and oxygen atoms in total. The molecule has 0 atom stereocenters. The van der Waals surface area contributed by atoms with E-state index in [2.05, 4.69) is 6.58 Å². The fraction of sp³-hybridized carbons (Fsp3) is 0.286. The second-order valence-electron chi connectivity index (χ2n) is 7.17. The first-order chi connectivity index (χ1) is 14.5. The third kappa shape index (κ3) is 4.88. The first-order valence-corrected chi connectivity index (χ1v) is 11.2. The minimum Gasteiger partial charge on any atom is -0.339 e. The van der Waals surface area contributed by atoms with Gasteiger partial charge in [-0.1, -0.05) is 23.7 Å². The Hall–Kier alpha value is -2.52. The summed E-state index contributed by atoms with van der Waals surface area (Å²) in [6.45, 7) is 3.21. The van der Waals surface area contributed by atoms with E-state index in [9.17, 15) is 26.4 Å². The molecule has 166 valence electrons. The molecule has 10 heteroatoms. The number of alkyl halides is 3.